The maximum absolute atomic E-state index is 12.6. The topological polar surface area (TPSA) is 51.8 Å². The molecule has 0 amide bonds. The van der Waals surface area contributed by atoms with E-state index in [1.807, 2.05) is 0 Å². The van der Waals surface area contributed by atoms with E-state index in [2.05, 4.69) is 0 Å². The van der Waals surface area contributed by atoms with Crippen LogP contribution in [0.1, 0.15) is 5.56 Å². The Balaban J connectivity index is 2.61. The number of benzene rings is 1. The normalized spacial score (nSPS) is 13.0. The van der Waals surface area contributed by atoms with Gasteiger partial charge in [0.2, 0.25) is 0 Å². The molecule has 0 aliphatic carbocycles. The van der Waals surface area contributed by atoms with Gasteiger partial charge in [0.1, 0.15) is 22.8 Å². The van der Waals surface area contributed by atoms with Crippen LogP contribution in [-0.2, 0) is 11.2 Å². The van der Waals surface area contributed by atoms with E-state index in [-0.39, 0.29) is 20.8 Å². The van der Waals surface area contributed by atoms with Gasteiger partial charge >= 0.3 is 5.51 Å². The van der Waals surface area contributed by atoms with Gasteiger partial charge in [-0.3, -0.25) is 0 Å². The third-order valence-electron chi connectivity index (χ3n) is 2.56. The molecule has 0 fully saturated rings. The maximum atomic E-state index is 12.6. The third-order valence-corrected chi connectivity index (χ3v) is 4.50. The zero-order valence-corrected chi connectivity index (χ0v) is 13.4. The number of alkyl halides is 3. The highest BCUT2D eigenvalue weighted by molar-refractivity contribution is 7.92. The fraction of sp³-hybridized carbons (Fsp3) is 0.0833. The molecule has 1 unspecified atom stereocenters. The van der Waals surface area contributed by atoms with Gasteiger partial charge in [-0.1, -0.05) is 34.8 Å². The van der Waals surface area contributed by atoms with E-state index in [4.69, 9.17) is 40.1 Å². The van der Waals surface area contributed by atoms with Crippen molar-refractivity contribution >= 4 is 46.0 Å². The molecule has 116 valence electrons. The highest BCUT2D eigenvalue weighted by atomic mass is 35.5. The molecule has 3 nitrogen and oxygen atoms in total. The fourth-order valence-corrected chi connectivity index (χ4v) is 3.47. The van der Waals surface area contributed by atoms with Gasteiger partial charge in [0.25, 0.3) is 0 Å². The summed E-state index contributed by atoms with van der Waals surface area (Å²) in [6, 6.07) is 4.25. The lowest BCUT2D eigenvalue weighted by atomic mass is 10.3. The van der Waals surface area contributed by atoms with Gasteiger partial charge in [0.05, 0.1) is 21.9 Å². The van der Waals surface area contributed by atoms with Gasteiger partial charge in [-0.25, -0.2) is 0 Å². The van der Waals surface area contributed by atoms with E-state index in [0.717, 1.165) is 17.0 Å². The van der Waals surface area contributed by atoms with Crippen molar-refractivity contribution in [3.05, 3.63) is 45.2 Å². The average Bonchev–Trinajstić information content (AvgIpc) is 2.79. The van der Waals surface area contributed by atoms with Crippen LogP contribution < -0.4 is 0 Å². The number of hydrogen-bond donors (Lipinski definition) is 0. The summed E-state index contributed by atoms with van der Waals surface area (Å²) >= 11 is 14.4. The Morgan fingerprint density at radius 3 is 2.14 bits per heavy atom. The van der Waals surface area contributed by atoms with E-state index in [1.54, 1.807) is 6.07 Å². The molecule has 0 saturated carbocycles. The van der Waals surface area contributed by atoms with Crippen molar-refractivity contribution < 1.29 is 17.7 Å². The molecule has 0 aliphatic heterocycles. The van der Waals surface area contributed by atoms with Crippen LogP contribution in [0, 0.1) is 11.3 Å². The van der Waals surface area contributed by atoms with E-state index in [1.165, 1.54) is 12.1 Å². The molecule has 1 atom stereocenters. The molecule has 0 spiro atoms. The molecular weight excluding hydrogens is 384 g/mol. The third kappa shape index (κ3) is 3.31. The fourth-order valence-electron chi connectivity index (χ4n) is 1.70. The number of rotatable bonds is 2. The number of nitrogens with zero attached hydrogens (tertiary/aromatic N) is 2. The molecule has 0 N–H and O–H groups in total. The zero-order valence-electron chi connectivity index (χ0n) is 10.3. The lowest BCUT2D eigenvalue weighted by Crippen LogP contribution is -2.23. The van der Waals surface area contributed by atoms with Gasteiger partial charge in [-0.15, -0.1) is 13.2 Å². The van der Waals surface area contributed by atoms with Gasteiger partial charge in [-0.05, 0) is 12.1 Å². The van der Waals surface area contributed by atoms with Crippen molar-refractivity contribution in [2.45, 2.75) is 10.4 Å². The standard InChI is InChI=1S/C12H4Cl3F3N2OS/c13-7-1-8(14)11(9(15)2-7)20-4-6(3-19)10(5-20)22(21)12(16,17)18/h1-2,4-5H. The van der Waals surface area contributed by atoms with Crippen molar-refractivity contribution in [2.75, 3.05) is 0 Å². The van der Waals surface area contributed by atoms with Gasteiger partial charge in [0, 0.05) is 11.2 Å². The number of aromatic nitrogens is 1. The smallest absolute Gasteiger partial charge is 0.578 e. The molecule has 0 bridgehead atoms. The molecule has 1 aromatic carbocycles. The monoisotopic (exact) mass is 386 g/mol. The number of hydrogen-bond acceptors (Lipinski definition) is 2. The van der Waals surface area contributed by atoms with Gasteiger partial charge < -0.3 is 9.12 Å². The Kier molecular flexibility index (Phi) is 4.90. The lowest BCUT2D eigenvalue weighted by molar-refractivity contribution is -0.0435. The summed E-state index contributed by atoms with van der Waals surface area (Å²) in [6.45, 7) is 0. The SMILES string of the molecule is N#Cc1cn(-c2c(Cl)cc(Cl)cc2Cl)cc1[S+]([O-])C(F)(F)F. The molecule has 2 aromatic rings. The molecule has 22 heavy (non-hydrogen) atoms. The summed E-state index contributed by atoms with van der Waals surface area (Å²) in [6.07, 6.45) is 1.98. The summed E-state index contributed by atoms with van der Waals surface area (Å²) in [4.78, 5) is -0.669. The first-order chi connectivity index (χ1) is 10.1. The van der Waals surface area contributed by atoms with Gasteiger partial charge in [-0.2, -0.15) is 5.26 Å². The Bertz CT molecular complexity index is 747. The quantitative estimate of drug-likeness (QED) is 0.686. The summed E-state index contributed by atoms with van der Waals surface area (Å²) in [7, 11) is 0. The van der Waals surface area contributed by atoms with Crippen LogP contribution in [0.15, 0.2) is 29.4 Å². The van der Waals surface area contributed by atoms with E-state index in [9.17, 15) is 17.7 Å². The largest absolute Gasteiger partial charge is 0.604 e. The number of nitriles is 1. The van der Waals surface area contributed by atoms with E-state index >= 15 is 0 Å². The summed E-state index contributed by atoms with van der Waals surface area (Å²) in [5.41, 5.74) is -5.24. The van der Waals surface area contributed by atoms with E-state index in [0.29, 0.717) is 0 Å². The minimum Gasteiger partial charge on any atom is -0.604 e. The molecule has 10 heteroatoms. The molecule has 0 saturated heterocycles. The lowest BCUT2D eigenvalue weighted by Gasteiger charge is -2.11. The predicted molar refractivity (Wildman–Crippen MR) is 78.0 cm³/mol. The van der Waals surface area contributed by atoms with E-state index < -0.39 is 27.1 Å². The molecule has 1 heterocycles. The second kappa shape index (κ2) is 6.22. The Morgan fingerprint density at radius 2 is 1.68 bits per heavy atom. The minimum absolute atomic E-state index is 0.0707. The highest BCUT2D eigenvalue weighted by Crippen LogP contribution is 2.36. The predicted octanol–water partition coefficient (Wildman–Crippen LogP) is 4.94. The Morgan fingerprint density at radius 1 is 1.14 bits per heavy atom. The van der Waals surface area contributed by atoms with Crippen molar-refractivity contribution in [2.24, 2.45) is 0 Å². The van der Waals surface area contributed by atoms with Gasteiger partial charge in [0.15, 0.2) is 4.90 Å². The summed E-state index contributed by atoms with van der Waals surface area (Å²) in [5.74, 6) is 0. The van der Waals surface area contributed by atoms with Crippen LogP contribution in [0.3, 0.4) is 0 Å². The second-order valence-electron chi connectivity index (χ2n) is 3.99. The van der Waals surface area contributed by atoms with Crippen molar-refractivity contribution in [1.29, 1.82) is 5.26 Å². The molecule has 1 aromatic heterocycles. The second-order valence-corrected chi connectivity index (χ2v) is 6.68. The van der Waals surface area contributed by atoms with Crippen molar-refractivity contribution in [1.82, 2.24) is 4.57 Å². The average molecular weight is 388 g/mol. The first-order valence-electron chi connectivity index (χ1n) is 5.40. The van der Waals surface area contributed by atoms with Crippen LogP contribution in [0.2, 0.25) is 15.1 Å². The first kappa shape index (κ1) is 17.3. The Labute approximate surface area is 141 Å². The van der Waals surface area contributed by atoms with Crippen LogP contribution >= 0.6 is 34.8 Å². The maximum Gasteiger partial charge on any atom is 0.578 e. The molecule has 0 aliphatic rings. The molecular formula is C12H4Cl3F3N2OS. The zero-order chi connectivity index (χ0) is 16.7. The van der Waals surface area contributed by atoms with Crippen LogP contribution in [0.4, 0.5) is 13.2 Å². The highest BCUT2D eigenvalue weighted by Gasteiger charge is 2.48. The summed E-state index contributed by atoms with van der Waals surface area (Å²) < 4.78 is 50.3. The first-order valence-corrected chi connectivity index (χ1v) is 7.69. The molecule has 0 radical (unpaired) electrons. The Hall–Kier alpha value is -1.04. The van der Waals surface area contributed by atoms with Crippen LogP contribution in [0.5, 0.6) is 0 Å². The van der Waals surface area contributed by atoms with Crippen molar-refractivity contribution in [3.8, 4) is 11.8 Å². The minimum atomic E-state index is -4.98. The number of halogens is 6. The van der Waals surface area contributed by atoms with Crippen molar-refractivity contribution in [3.63, 3.8) is 0 Å². The van der Waals surface area contributed by atoms with Crippen LogP contribution in [-0.4, -0.2) is 14.6 Å². The molecule has 2 rings (SSSR count). The summed E-state index contributed by atoms with van der Waals surface area (Å²) in [5, 5.41) is 9.31. The van der Waals surface area contributed by atoms with Crippen LogP contribution in [0.25, 0.3) is 5.69 Å².